The van der Waals surface area contributed by atoms with Crippen LogP contribution in [-0.2, 0) is 4.79 Å². The van der Waals surface area contributed by atoms with Crippen LogP contribution in [0.3, 0.4) is 0 Å². The standard InChI is InChI=1S/C8H5F2N3O2/c9-5-1-4(2-6(10)3-5)7(8(14)15)12-13-11/h1-3,7H,(H,14,15). The van der Waals surface area contributed by atoms with E-state index < -0.39 is 23.6 Å². The number of carboxylic acid groups (broad SMARTS) is 1. The fraction of sp³-hybridized carbons (Fsp3) is 0.125. The van der Waals surface area contributed by atoms with E-state index in [4.69, 9.17) is 10.6 Å². The van der Waals surface area contributed by atoms with Crippen molar-refractivity contribution < 1.29 is 18.7 Å². The number of rotatable bonds is 3. The molecule has 0 saturated heterocycles. The average Bonchev–Trinajstić information content (AvgIpc) is 2.11. The predicted molar refractivity (Wildman–Crippen MR) is 45.9 cm³/mol. The zero-order valence-corrected chi connectivity index (χ0v) is 7.26. The lowest BCUT2D eigenvalue weighted by Gasteiger charge is -2.05. The number of aliphatic carboxylic acids is 1. The Kier molecular flexibility index (Phi) is 3.20. The first kappa shape index (κ1) is 10.9. The number of halogens is 2. The van der Waals surface area contributed by atoms with E-state index in [0.717, 1.165) is 12.1 Å². The zero-order valence-electron chi connectivity index (χ0n) is 7.26. The summed E-state index contributed by atoms with van der Waals surface area (Å²) < 4.78 is 25.4. The molecule has 0 aliphatic rings. The normalized spacial score (nSPS) is 11.6. The third-order valence-corrected chi connectivity index (χ3v) is 1.60. The summed E-state index contributed by atoms with van der Waals surface area (Å²) in [7, 11) is 0. The molecule has 0 fully saturated rings. The van der Waals surface area contributed by atoms with Gasteiger partial charge in [0.1, 0.15) is 11.6 Å². The minimum atomic E-state index is -1.62. The largest absolute Gasteiger partial charge is 0.481 e. The number of benzene rings is 1. The number of hydrogen-bond acceptors (Lipinski definition) is 2. The molecule has 1 unspecified atom stereocenters. The summed E-state index contributed by atoms with van der Waals surface area (Å²) in [6.07, 6.45) is 0. The molecule has 7 heteroatoms. The average molecular weight is 213 g/mol. The summed E-state index contributed by atoms with van der Waals surface area (Å²) in [5, 5.41) is 11.6. The Bertz CT molecular complexity index is 421. The molecule has 1 atom stereocenters. The molecule has 0 spiro atoms. The van der Waals surface area contributed by atoms with Crippen LogP contribution in [0.2, 0.25) is 0 Å². The molecule has 0 radical (unpaired) electrons. The van der Waals surface area contributed by atoms with Crippen LogP contribution in [0, 0.1) is 11.6 Å². The molecule has 15 heavy (non-hydrogen) atoms. The van der Waals surface area contributed by atoms with Crippen molar-refractivity contribution in [2.24, 2.45) is 5.11 Å². The number of carbonyl (C=O) groups is 1. The summed E-state index contributed by atoms with van der Waals surface area (Å²) in [6, 6.07) is 0.575. The molecule has 1 aromatic carbocycles. The highest BCUT2D eigenvalue weighted by Crippen LogP contribution is 2.20. The molecule has 5 nitrogen and oxygen atoms in total. The van der Waals surface area contributed by atoms with Gasteiger partial charge in [0, 0.05) is 11.0 Å². The highest BCUT2D eigenvalue weighted by Gasteiger charge is 2.19. The number of hydrogen-bond donors (Lipinski definition) is 1. The van der Waals surface area contributed by atoms with Crippen molar-refractivity contribution in [1.29, 1.82) is 0 Å². The van der Waals surface area contributed by atoms with Crippen molar-refractivity contribution in [3.8, 4) is 0 Å². The van der Waals surface area contributed by atoms with Gasteiger partial charge >= 0.3 is 5.97 Å². The van der Waals surface area contributed by atoms with Crippen LogP contribution in [0.25, 0.3) is 10.4 Å². The lowest BCUT2D eigenvalue weighted by molar-refractivity contribution is -0.138. The van der Waals surface area contributed by atoms with Crippen LogP contribution in [0.5, 0.6) is 0 Å². The number of carboxylic acids is 1. The second kappa shape index (κ2) is 4.39. The van der Waals surface area contributed by atoms with E-state index in [1.54, 1.807) is 0 Å². The Morgan fingerprint density at radius 3 is 2.33 bits per heavy atom. The van der Waals surface area contributed by atoms with E-state index in [1.807, 2.05) is 0 Å². The molecule has 0 bridgehead atoms. The molecule has 1 aromatic rings. The van der Waals surface area contributed by atoms with Gasteiger partial charge in [0.15, 0.2) is 6.04 Å². The van der Waals surface area contributed by atoms with Gasteiger partial charge in [-0.05, 0) is 23.2 Å². The fourth-order valence-electron chi connectivity index (χ4n) is 1.04. The van der Waals surface area contributed by atoms with Gasteiger partial charge in [0.25, 0.3) is 0 Å². The van der Waals surface area contributed by atoms with Crippen LogP contribution in [0.1, 0.15) is 11.6 Å². The smallest absolute Gasteiger partial charge is 0.316 e. The molecule has 0 saturated carbocycles. The number of nitrogens with zero attached hydrogens (tertiary/aromatic N) is 3. The molecule has 1 N–H and O–H groups in total. The second-order valence-electron chi connectivity index (χ2n) is 2.65. The highest BCUT2D eigenvalue weighted by molar-refractivity contribution is 5.75. The van der Waals surface area contributed by atoms with Gasteiger partial charge in [-0.1, -0.05) is 5.11 Å². The van der Waals surface area contributed by atoms with Crippen LogP contribution in [0.4, 0.5) is 8.78 Å². The maximum atomic E-state index is 12.7. The van der Waals surface area contributed by atoms with Crippen LogP contribution in [-0.4, -0.2) is 11.1 Å². The lowest BCUT2D eigenvalue weighted by atomic mass is 10.1. The summed E-state index contributed by atoms with van der Waals surface area (Å²) in [5.41, 5.74) is 7.85. The van der Waals surface area contributed by atoms with E-state index in [9.17, 15) is 13.6 Å². The molecule has 78 valence electrons. The zero-order chi connectivity index (χ0) is 11.4. The highest BCUT2D eigenvalue weighted by atomic mass is 19.1. The van der Waals surface area contributed by atoms with Gasteiger partial charge in [-0.25, -0.2) is 8.78 Å². The van der Waals surface area contributed by atoms with E-state index >= 15 is 0 Å². The first-order valence-corrected chi connectivity index (χ1v) is 3.77. The number of azide groups is 1. The quantitative estimate of drug-likeness (QED) is 0.474. The maximum Gasteiger partial charge on any atom is 0.316 e. The molecule has 0 heterocycles. The Morgan fingerprint density at radius 2 is 1.93 bits per heavy atom. The van der Waals surface area contributed by atoms with Crippen molar-refractivity contribution in [2.45, 2.75) is 6.04 Å². The van der Waals surface area contributed by atoms with E-state index in [0.29, 0.717) is 6.07 Å². The second-order valence-corrected chi connectivity index (χ2v) is 2.65. The van der Waals surface area contributed by atoms with E-state index in [-0.39, 0.29) is 5.56 Å². The van der Waals surface area contributed by atoms with Gasteiger partial charge in [0.05, 0.1) is 0 Å². The monoisotopic (exact) mass is 213 g/mol. The van der Waals surface area contributed by atoms with E-state index in [1.165, 1.54) is 0 Å². The third kappa shape index (κ3) is 2.65. The molecule has 0 aromatic heterocycles. The predicted octanol–water partition coefficient (Wildman–Crippen LogP) is 2.40. The van der Waals surface area contributed by atoms with E-state index in [2.05, 4.69) is 10.0 Å². The minimum Gasteiger partial charge on any atom is -0.481 e. The third-order valence-electron chi connectivity index (χ3n) is 1.60. The van der Waals surface area contributed by atoms with Crippen LogP contribution in [0.15, 0.2) is 23.3 Å². The molecule has 0 amide bonds. The van der Waals surface area contributed by atoms with Gasteiger partial charge in [-0.15, -0.1) is 0 Å². The van der Waals surface area contributed by atoms with Crippen molar-refractivity contribution >= 4 is 5.97 Å². The summed E-state index contributed by atoms with van der Waals surface area (Å²) in [4.78, 5) is 12.9. The van der Waals surface area contributed by atoms with Gasteiger partial charge < -0.3 is 5.11 Å². The van der Waals surface area contributed by atoms with Crippen LogP contribution >= 0.6 is 0 Å². The Hall–Kier alpha value is -2.14. The molecule has 0 aliphatic carbocycles. The molecule has 0 aliphatic heterocycles. The van der Waals surface area contributed by atoms with Gasteiger partial charge in [-0.2, -0.15) is 0 Å². The van der Waals surface area contributed by atoms with Crippen LogP contribution < -0.4 is 0 Å². The van der Waals surface area contributed by atoms with Crippen molar-refractivity contribution in [1.82, 2.24) is 0 Å². The Labute approximate surface area is 82.6 Å². The maximum absolute atomic E-state index is 12.7. The fourth-order valence-corrected chi connectivity index (χ4v) is 1.04. The first-order valence-electron chi connectivity index (χ1n) is 3.77. The topological polar surface area (TPSA) is 86.1 Å². The first-order chi connectivity index (χ1) is 7.04. The van der Waals surface area contributed by atoms with Gasteiger partial charge in [-0.3, -0.25) is 4.79 Å². The molecule has 1 rings (SSSR count). The molecular weight excluding hydrogens is 208 g/mol. The summed E-state index contributed by atoms with van der Waals surface area (Å²) in [5.74, 6) is -3.33. The van der Waals surface area contributed by atoms with Crippen molar-refractivity contribution in [3.63, 3.8) is 0 Å². The van der Waals surface area contributed by atoms with Crippen molar-refractivity contribution in [2.75, 3.05) is 0 Å². The summed E-state index contributed by atoms with van der Waals surface area (Å²) in [6.45, 7) is 0. The van der Waals surface area contributed by atoms with Gasteiger partial charge in [0.2, 0.25) is 0 Å². The minimum absolute atomic E-state index is 0.238. The Morgan fingerprint density at radius 1 is 1.40 bits per heavy atom. The molecular formula is C8H5F2N3O2. The lowest BCUT2D eigenvalue weighted by Crippen LogP contribution is -2.09. The Balaban J connectivity index is 3.22. The SMILES string of the molecule is [N-]=[N+]=NC(C(=O)O)c1cc(F)cc(F)c1. The van der Waals surface area contributed by atoms with Crippen molar-refractivity contribution in [3.05, 3.63) is 45.8 Å². The summed E-state index contributed by atoms with van der Waals surface area (Å²) >= 11 is 0.